The summed E-state index contributed by atoms with van der Waals surface area (Å²) in [7, 11) is 1.58. The standard InChI is InChI=1S/C19H22N4O3S/c1-11(24)22-18-15(27-12(2)25)16(19(3,4)5)20-23(18)17(21-22)13-9-7-8-10-14(13)26-6/h7-10H,1-6H3. The minimum atomic E-state index is -0.316. The zero-order valence-corrected chi connectivity index (χ0v) is 17.0. The summed E-state index contributed by atoms with van der Waals surface area (Å²) in [6, 6.07) is 7.42. The molecule has 142 valence electrons. The lowest BCUT2D eigenvalue weighted by molar-refractivity contribution is -0.109. The zero-order chi connectivity index (χ0) is 19.9. The van der Waals surface area contributed by atoms with Gasteiger partial charge >= 0.3 is 0 Å². The van der Waals surface area contributed by atoms with Crippen molar-refractivity contribution in [2.45, 2.75) is 44.9 Å². The van der Waals surface area contributed by atoms with Crippen LogP contribution in [0, 0.1) is 0 Å². The number of fused-ring (bicyclic) bond motifs is 1. The quantitative estimate of drug-likeness (QED) is 0.637. The minimum Gasteiger partial charge on any atom is -0.496 e. The number of ether oxygens (including phenoxy) is 1. The van der Waals surface area contributed by atoms with E-state index in [1.165, 1.54) is 18.5 Å². The smallest absolute Gasteiger partial charge is 0.245 e. The van der Waals surface area contributed by atoms with Crippen LogP contribution in [-0.2, 0) is 10.2 Å². The third-order valence-electron chi connectivity index (χ3n) is 4.02. The van der Waals surface area contributed by atoms with E-state index in [1.54, 1.807) is 11.6 Å². The van der Waals surface area contributed by atoms with Gasteiger partial charge in [0.2, 0.25) is 5.91 Å². The van der Waals surface area contributed by atoms with Crippen LogP contribution in [0.4, 0.5) is 0 Å². The third kappa shape index (κ3) is 3.37. The Labute approximate surface area is 161 Å². The van der Waals surface area contributed by atoms with Crippen LogP contribution in [0.2, 0.25) is 0 Å². The van der Waals surface area contributed by atoms with Crippen LogP contribution in [-0.4, -0.2) is 37.5 Å². The maximum atomic E-state index is 12.3. The molecular weight excluding hydrogens is 364 g/mol. The average Bonchev–Trinajstić information content (AvgIpc) is 3.12. The first-order chi connectivity index (χ1) is 12.6. The fourth-order valence-electron chi connectivity index (χ4n) is 2.86. The van der Waals surface area contributed by atoms with Crippen molar-refractivity contribution in [2.24, 2.45) is 0 Å². The van der Waals surface area contributed by atoms with Gasteiger partial charge in [-0.1, -0.05) is 32.9 Å². The number of aromatic nitrogens is 4. The summed E-state index contributed by atoms with van der Waals surface area (Å²) >= 11 is 1.07. The highest BCUT2D eigenvalue weighted by atomic mass is 32.2. The number of carbonyl (C=O) groups excluding carboxylic acids is 2. The van der Waals surface area contributed by atoms with E-state index < -0.39 is 0 Å². The molecule has 0 amide bonds. The molecular formula is C19H22N4O3S. The molecule has 3 aromatic rings. The molecule has 0 bridgehead atoms. The van der Waals surface area contributed by atoms with Crippen molar-refractivity contribution >= 4 is 28.4 Å². The van der Waals surface area contributed by atoms with Gasteiger partial charge in [0.1, 0.15) is 5.75 Å². The molecule has 2 heterocycles. The van der Waals surface area contributed by atoms with Gasteiger partial charge < -0.3 is 4.74 Å². The van der Waals surface area contributed by atoms with Gasteiger partial charge in [-0.2, -0.15) is 14.3 Å². The summed E-state index contributed by atoms with van der Waals surface area (Å²) in [6.07, 6.45) is 0. The average molecular weight is 386 g/mol. The van der Waals surface area contributed by atoms with E-state index in [2.05, 4.69) is 5.10 Å². The Kier molecular flexibility index (Phi) is 4.86. The lowest BCUT2D eigenvalue weighted by atomic mass is 9.92. The fraction of sp³-hybridized carbons (Fsp3) is 0.368. The van der Waals surface area contributed by atoms with Crippen molar-refractivity contribution in [3.63, 3.8) is 0 Å². The van der Waals surface area contributed by atoms with Crippen molar-refractivity contribution in [1.82, 2.24) is 19.4 Å². The van der Waals surface area contributed by atoms with Crippen LogP contribution in [0.3, 0.4) is 0 Å². The zero-order valence-electron chi connectivity index (χ0n) is 16.2. The summed E-state index contributed by atoms with van der Waals surface area (Å²) in [5.41, 5.74) is 1.64. The molecule has 0 saturated carbocycles. The Hall–Kier alpha value is -2.61. The second-order valence-corrected chi connectivity index (χ2v) is 8.40. The summed E-state index contributed by atoms with van der Waals surface area (Å²) in [6.45, 7) is 9.00. The number of benzene rings is 1. The maximum Gasteiger partial charge on any atom is 0.245 e. The Morgan fingerprint density at radius 3 is 2.33 bits per heavy atom. The largest absolute Gasteiger partial charge is 0.496 e. The van der Waals surface area contributed by atoms with Gasteiger partial charge in [-0.25, -0.2) is 0 Å². The number of para-hydroxylation sites is 1. The monoisotopic (exact) mass is 386 g/mol. The molecule has 7 nitrogen and oxygen atoms in total. The van der Waals surface area contributed by atoms with Gasteiger partial charge in [0.05, 0.1) is 23.3 Å². The highest BCUT2D eigenvalue weighted by Gasteiger charge is 2.31. The molecule has 0 atom stereocenters. The van der Waals surface area contributed by atoms with Crippen molar-refractivity contribution < 1.29 is 14.3 Å². The van der Waals surface area contributed by atoms with Gasteiger partial charge in [-0.05, 0) is 23.9 Å². The molecule has 3 rings (SSSR count). The molecule has 0 fully saturated rings. The first-order valence-electron chi connectivity index (χ1n) is 8.50. The maximum absolute atomic E-state index is 12.3. The number of hydrogen-bond acceptors (Lipinski definition) is 6. The molecule has 0 radical (unpaired) electrons. The lowest BCUT2D eigenvalue weighted by Crippen LogP contribution is -2.14. The number of thioether (sulfide) groups is 1. The second kappa shape index (κ2) is 6.84. The Bertz CT molecular complexity index is 1040. The molecule has 0 aliphatic carbocycles. The van der Waals surface area contributed by atoms with Crippen molar-refractivity contribution in [3.05, 3.63) is 30.0 Å². The Balaban J connectivity index is 2.43. The number of methoxy groups -OCH3 is 1. The first kappa shape index (κ1) is 19.2. The highest BCUT2D eigenvalue weighted by molar-refractivity contribution is 8.13. The van der Waals surface area contributed by atoms with Gasteiger partial charge in [-0.3, -0.25) is 9.59 Å². The summed E-state index contributed by atoms with van der Waals surface area (Å²) in [5.74, 6) is 0.853. The van der Waals surface area contributed by atoms with Crippen LogP contribution in [0.5, 0.6) is 5.75 Å². The van der Waals surface area contributed by atoms with Gasteiger partial charge in [0.25, 0.3) is 0 Å². The SMILES string of the molecule is COc1ccccc1-c1nn(C(C)=O)c2c(SC(C)=O)c(C(C)(C)C)nn12. The number of rotatable bonds is 3. The molecule has 0 saturated heterocycles. The normalized spacial score (nSPS) is 11.8. The summed E-state index contributed by atoms with van der Waals surface area (Å²) < 4.78 is 8.38. The molecule has 0 unspecified atom stereocenters. The first-order valence-corrected chi connectivity index (χ1v) is 9.31. The molecule has 0 aliphatic rings. The lowest BCUT2D eigenvalue weighted by Gasteiger charge is -2.16. The van der Waals surface area contributed by atoms with Crippen LogP contribution in [0.25, 0.3) is 17.0 Å². The number of carbonyl (C=O) groups is 2. The second-order valence-electron chi connectivity index (χ2n) is 7.21. The molecule has 0 N–H and O–H groups in total. The van der Waals surface area contributed by atoms with Crippen LogP contribution in [0.15, 0.2) is 29.2 Å². The minimum absolute atomic E-state index is 0.0782. The summed E-state index contributed by atoms with van der Waals surface area (Å²) in [5, 5.41) is 9.15. The molecule has 8 heteroatoms. The van der Waals surface area contributed by atoms with E-state index in [0.717, 1.165) is 17.5 Å². The van der Waals surface area contributed by atoms with Gasteiger partial charge in [0, 0.05) is 19.3 Å². The molecule has 0 aliphatic heterocycles. The Morgan fingerprint density at radius 1 is 1.11 bits per heavy atom. The van der Waals surface area contributed by atoms with Gasteiger partial charge in [-0.15, -0.1) is 5.10 Å². The van der Waals surface area contributed by atoms with Crippen molar-refractivity contribution in [3.8, 4) is 17.1 Å². The third-order valence-corrected chi connectivity index (χ3v) is 4.88. The number of nitrogens with zero attached hydrogens (tertiary/aromatic N) is 4. The van der Waals surface area contributed by atoms with E-state index in [-0.39, 0.29) is 16.4 Å². The highest BCUT2D eigenvalue weighted by Crippen LogP contribution is 2.38. The van der Waals surface area contributed by atoms with Crippen molar-refractivity contribution in [2.75, 3.05) is 7.11 Å². The molecule has 27 heavy (non-hydrogen) atoms. The number of hydrogen-bond donors (Lipinski definition) is 0. The van der Waals surface area contributed by atoms with Crippen LogP contribution < -0.4 is 4.74 Å². The molecule has 1 aromatic carbocycles. The summed E-state index contributed by atoms with van der Waals surface area (Å²) in [4.78, 5) is 24.8. The van der Waals surface area contributed by atoms with E-state index in [1.807, 2.05) is 45.0 Å². The predicted molar refractivity (Wildman–Crippen MR) is 105 cm³/mol. The van der Waals surface area contributed by atoms with E-state index in [4.69, 9.17) is 9.84 Å². The van der Waals surface area contributed by atoms with Crippen molar-refractivity contribution in [1.29, 1.82) is 0 Å². The van der Waals surface area contributed by atoms with Gasteiger partial charge in [0.15, 0.2) is 16.6 Å². The molecule has 0 spiro atoms. The van der Waals surface area contributed by atoms with E-state index in [0.29, 0.717) is 27.7 Å². The fourth-order valence-corrected chi connectivity index (χ4v) is 3.85. The molecule has 2 aromatic heterocycles. The van der Waals surface area contributed by atoms with E-state index in [9.17, 15) is 9.59 Å². The Morgan fingerprint density at radius 2 is 1.78 bits per heavy atom. The van der Waals surface area contributed by atoms with Crippen LogP contribution >= 0.6 is 11.8 Å². The predicted octanol–water partition coefficient (Wildman–Crippen LogP) is 3.80. The topological polar surface area (TPSA) is 78.5 Å². The van der Waals surface area contributed by atoms with Crippen LogP contribution in [0.1, 0.15) is 45.1 Å². The van der Waals surface area contributed by atoms with E-state index >= 15 is 0 Å².